The summed E-state index contributed by atoms with van der Waals surface area (Å²) in [5, 5.41) is 4.32. The van der Waals surface area contributed by atoms with E-state index in [4.69, 9.17) is 23.8 Å². The normalized spacial score (nSPS) is 10.6. The predicted molar refractivity (Wildman–Crippen MR) is 91.5 cm³/mol. The van der Waals surface area contributed by atoms with Crippen molar-refractivity contribution >= 4 is 45.7 Å². The Labute approximate surface area is 132 Å². The topological polar surface area (TPSA) is 41.9 Å². The van der Waals surface area contributed by atoms with Crippen LogP contribution in [0, 0.1) is 6.92 Å². The average Bonchev–Trinajstić information content (AvgIpc) is 2.87. The second kappa shape index (κ2) is 5.71. The summed E-state index contributed by atoms with van der Waals surface area (Å²) in [7, 11) is 0. The van der Waals surface area contributed by atoms with Crippen LogP contribution in [0.3, 0.4) is 0 Å². The smallest absolute Gasteiger partial charge is 0.190 e. The number of imidazole rings is 1. The van der Waals surface area contributed by atoms with Gasteiger partial charge in [0.15, 0.2) is 5.11 Å². The van der Waals surface area contributed by atoms with Crippen LogP contribution in [0.25, 0.3) is 11.0 Å². The van der Waals surface area contributed by atoms with E-state index in [-0.39, 0.29) is 0 Å². The fourth-order valence-electron chi connectivity index (χ4n) is 2.05. The molecule has 6 heteroatoms. The molecule has 0 saturated carbocycles. The van der Waals surface area contributed by atoms with Crippen LogP contribution < -0.4 is 10.7 Å². The lowest BCUT2D eigenvalue weighted by Gasteiger charge is -2.14. The van der Waals surface area contributed by atoms with E-state index in [1.807, 2.05) is 49.4 Å². The van der Waals surface area contributed by atoms with Crippen LogP contribution in [-0.4, -0.2) is 14.8 Å². The Balaban J connectivity index is 1.79. The Morgan fingerprint density at radius 2 is 2.00 bits per heavy atom. The summed E-state index contributed by atoms with van der Waals surface area (Å²) in [6.45, 7) is 1.94. The van der Waals surface area contributed by atoms with Gasteiger partial charge in [-0.05, 0) is 49.0 Å². The molecule has 0 radical (unpaired) electrons. The highest BCUT2D eigenvalue weighted by Crippen LogP contribution is 2.22. The van der Waals surface area contributed by atoms with Gasteiger partial charge in [-0.25, -0.2) is 9.66 Å². The molecule has 0 spiro atoms. The number of anilines is 1. The van der Waals surface area contributed by atoms with Crippen molar-refractivity contribution in [3.05, 3.63) is 59.4 Å². The third-order valence-corrected chi connectivity index (χ3v) is 3.79. The maximum Gasteiger partial charge on any atom is 0.190 e. The molecule has 0 atom stereocenters. The molecule has 2 aromatic carbocycles. The van der Waals surface area contributed by atoms with Crippen LogP contribution in [0.1, 0.15) is 5.56 Å². The van der Waals surface area contributed by atoms with Gasteiger partial charge in [-0.3, -0.25) is 5.43 Å². The lowest BCUT2D eigenvalue weighted by Crippen LogP contribution is -2.27. The van der Waals surface area contributed by atoms with E-state index >= 15 is 0 Å². The van der Waals surface area contributed by atoms with Crippen molar-refractivity contribution in [3.8, 4) is 0 Å². The Bertz CT molecular complexity index is 812. The van der Waals surface area contributed by atoms with Crippen molar-refractivity contribution in [2.24, 2.45) is 0 Å². The van der Waals surface area contributed by atoms with Crippen LogP contribution >= 0.6 is 23.8 Å². The largest absolute Gasteiger partial charge is 0.331 e. The van der Waals surface area contributed by atoms with Crippen molar-refractivity contribution in [1.29, 1.82) is 0 Å². The minimum atomic E-state index is 0.475. The van der Waals surface area contributed by atoms with Crippen molar-refractivity contribution in [2.75, 3.05) is 10.7 Å². The Kier molecular flexibility index (Phi) is 3.77. The molecule has 2 N–H and O–H groups in total. The third-order valence-electron chi connectivity index (χ3n) is 3.19. The number of thiocarbonyl (C=S) groups is 1. The van der Waals surface area contributed by atoms with Crippen molar-refractivity contribution in [3.63, 3.8) is 0 Å². The van der Waals surface area contributed by atoms with Gasteiger partial charge in [0, 0.05) is 10.7 Å². The van der Waals surface area contributed by atoms with Gasteiger partial charge in [0.2, 0.25) is 0 Å². The molecule has 0 aliphatic heterocycles. The molecule has 106 valence electrons. The highest BCUT2D eigenvalue weighted by molar-refractivity contribution is 7.80. The number of nitrogens with zero attached hydrogens (tertiary/aromatic N) is 2. The average molecular weight is 317 g/mol. The second-order valence-electron chi connectivity index (χ2n) is 4.58. The zero-order valence-corrected chi connectivity index (χ0v) is 12.9. The third kappa shape index (κ3) is 2.84. The minimum absolute atomic E-state index is 0.475. The van der Waals surface area contributed by atoms with E-state index in [1.54, 1.807) is 11.0 Å². The van der Waals surface area contributed by atoms with Crippen LogP contribution in [0.5, 0.6) is 0 Å². The highest BCUT2D eigenvalue weighted by Gasteiger charge is 2.06. The molecule has 0 amide bonds. The molecule has 4 nitrogen and oxygen atoms in total. The fourth-order valence-corrected chi connectivity index (χ4v) is 2.43. The fraction of sp³-hybridized carbons (Fsp3) is 0.0667. The monoisotopic (exact) mass is 316 g/mol. The molecule has 0 saturated heterocycles. The molecule has 0 bridgehead atoms. The first-order valence-corrected chi connectivity index (χ1v) is 7.19. The van der Waals surface area contributed by atoms with Crippen molar-refractivity contribution in [1.82, 2.24) is 9.66 Å². The summed E-state index contributed by atoms with van der Waals surface area (Å²) in [5.74, 6) is 0. The Hall–Kier alpha value is -2.11. The first kappa shape index (κ1) is 13.9. The van der Waals surface area contributed by atoms with Crippen molar-refractivity contribution in [2.45, 2.75) is 6.92 Å². The van der Waals surface area contributed by atoms with Gasteiger partial charge < -0.3 is 5.32 Å². The first-order chi connectivity index (χ1) is 10.1. The summed E-state index contributed by atoms with van der Waals surface area (Å²) in [5.41, 5.74) is 6.80. The van der Waals surface area contributed by atoms with Crippen LogP contribution in [0.4, 0.5) is 5.69 Å². The zero-order valence-electron chi connectivity index (χ0n) is 11.3. The van der Waals surface area contributed by atoms with E-state index in [2.05, 4.69) is 15.7 Å². The number of nitrogens with one attached hydrogen (secondary N) is 2. The summed E-state index contributed by atoms with van der Waals surface area (Å²) >= 11 is 11.4. The standard InChI is InChI=1S/C15H13ClN4S/c1-10-11(16)5-4-7-12(10)18-15(21)19-20-9-17-13-6-2-3-8-14(13)20/h2-9H,1H3,(H2,18,19,21). The molecular weight excluding hydrogens is 304 g/mol. The van der Waals surface area contributed by atoms with Crippen LogP contribution in [0.2, 0.25) is 5.02 Å². The number of benzene rings is 2. The summed E-state index contributed by atoms with van der Waals surface area (Å²) < 4.78 is 1.78. The molecule has 1 heterocycles. The quantitative estimate of drug-likeness (QED) is 0.703. The van der Waals surface area contributed by atoms with Crippen molar-refractivity contribution < 1.29 is 0 Å². The number of hydrogen-bond acceptors (Lipinski definition) is 2. The van der Waals surface area contributed by atoms with E-state index in [0.29, 0.717) is 10.1 Å². The highest BCUT2D eigenvalue weighted by atomic mass is 35.5. The number of para-hydroxylation sites is 2. The maximum absolute atomic E-state index is 6.10. The molecule has 0 unspecified atom stereocenters. The number of halogens is 1. The Morgan fingerprint density at radius 1 is 1.19 bits per heavy atom. The number of rotatable bonds is 2. The molecule has 0 aliphatic carbocycles. The maximum atomic E-state index is 6.10. The zero-order chi connectivity index (χ0) is 14.8. The number of aromatic nitrogens is 2. The molecule has 21 heavy (non-hydrogen) atoms. The van der Waals surface area contributed by atoms with Gasteiger partial charge >= 0.3 is 0 Å². The molecule has 0 fully saturated rings. The SMILES string of the molecule is Cc1c(Cl)cccc1NC(=S)Nn1cnc2ccccc21. The lowest BCUT2D eigenvalue weighted by molar-refractivity contribution is 1.01. The molecule has 3 rings (SSSR count). The van der Waals surface area contributed by atoms with Gasteiger partial charge in [-0.1, -0.05) is 29.8 Å². The summed E-state index contributed by atoms with van der Waals surface area (Å²) in [4.78, 5) is 4.30. The second-order valence-corrected chi connectivity index (χ2v) is 5.40. The van der Waals surface area contributed by atoms with E-state index in [9.17, 15) is 0 Å². The first-order valence-electron chi connectivity index (χ1n) is 6.40. The van der Waals surface area contributed by atoms with Gasteiger partial charge in [0.1, 0.15) is 6.33 Å². The van der Waals surface area contributed by atoms with E-state index in [0.717, 1.165) is 22.3 Å². The molecular formula is C15H13ClN4S. The van der Waals surface area contributed by atoms with Gasteiger partial charge in [-0.15, -0.1) is 0 Å². The number of hydrogen-bond donors (Lipinski definition) is 2. The lowest BCUT2D eigenvalue weighted by atomic mass is 10.2. The predicted octanol–water partition coefficient (Wildman–Crippen LogP) is 3.94. The van der Waals surface area contributed by atoms with Gasteiger partial charge in [0.05, 0.1) is 11.0 Å². The summed E-state index contributed by atoms with van der Waals surface area (Å²) in [6, 6.07) is 13.5. The van der Waals surface area contributed by atoms with Gasteiger partial charge in [-0.2, -0.15) is 0 Å². The van der Waals surface area contributed by atoms with Crippen LogP contribution in [0.15, 0.2) is 48.8 Å². The van der Waals surface area contributed by atoms with E-state index < -0.39 is 0 Å². The summed E-state index contributed by atoms with van der Waals surface area (Å²) in [6.07, 6.45) is 1.70. The van der Waals surface area contributed by atoms with Gasteiger partial charge in [0.25, 0.3) is 0 Å². The molecule has 0 aliphatic rings. The number of fused-ring (bicyclic) bond motifs is 1. The minimum Gasteiger partial charge on any atom is -0.331 e. The van der Waals surface area contributed by atoms with E-state index in [1.165, 1.54) is 0 Å². The molecule has 3 aromatic rings. The van der Waals surface area contributed by atoms with Crippen LogP contribution in [-0.2, 0) is 0 Å². The Morgan fingerprint density at radius 3 is 2.86 bits per heavy atom. The molecule has 1 aromatic heterocycles.